The van der Waals surface area contributed by atoms with Crippen LogP contribution in [0, 0.1) is 0 Å². The zero-order chi connectivity index (χ0) is 11.9. The Hall–Kier alpha value is -0.330. The molecule has 1 heterocycles. The van der Waals surface area contributed by atoms with Crippen molar-refractivity contribution in [3.8, 4) is 0 Å². The summed E-state index contributed by atoms with van der Waals surface area (Å²) >= 11 is 6.76. The lowest BCUT2D eigenvalue weighted by molar-refractivity contribution is 0.590. The molecule has 0 unspecified atom stereocenters. The van der Waals surface area contributed by atoms with E-state index >= 15 is 0 Å². The lowest BCUT2D eigenvalue weighted by Gasteiger charge is -2.05. The molecule has 3 nitrogen and oxygen atoms in total. The van der Waals surface area contributed by atoms with Gasteiger partial charge in [-0.1, -0.05) is 0 Å². The molecule has 0 N–H and O–H groups in total. The molecule has 6 heteroatoms. The number of aromatic nitrogens is 1. The molecule has 0 saturated heterocycles. The number of rotatable bonds is 2. The summed E-state index contributed by atoms with van der Waals surface area (Å²) in [5.41, 5.74) is 0.692. The Morgan fingerprint density at radius 3 is 2.50 bits per heavy atom. The molecule has 1 aromatic carbocycles. The Morgan fingerprint density at radius 2 is 1.88 bits per heavy atom. The molecule has 0 atom stereocenters. The first-order valence-electron chi connectivity index (χ1n) is 4.65. The first kappa shape index (κ1) is 12.1. The Kier molecular flexibility index (Phi) is 3.16. The SMILES string of the molecule is CCS(=O)(=O)n1ccc2cc(Br)c(Br)cc21. The Balaban J connectivity index is 2.80. The highest BCUT2D eigenvalue weighted by Crippen LogP contribution is 2.29. The highest BCUT2D eigenvalue weighted by molar-refractivity contribution is 9.13. The second kappa shape index (κ2) is 4.16. The third kappa shape index (κ3) is 1.94. The average molecular weight is 367 g/mol. The van der Waals surface area contributed by atoms with Crippen LogP contribution in [0.3, 0.4) is 0 Å². The van der Waals surface area contributed by atoms with Crippen LogP contribution in [0.15, 0.2) is 33.3 Å². The van der Waals surface area contributed by atoms with Gasteiger partial charge in [0.2, 0.25) is 10.0 Å². The fourth-order valence-electron chi connectivity index (χ4n) is 1.49. The molecule has 0 radical (unpaired) electrons. The Bertz CT molecular complexity index is 646. The summed E-state index contributed by atoms with van der Waals surface area (Å²) in [5.74, 6) is 0.0878. The van der Waals surface area contributed by atoms with Crippen molar-refractivity contribution in [1.82, 2.24) is 3.97 Å². The van der Waals surface area contributed by atoms with E-state index in [0.717, 1.165) is 14.3 Å². The number of benzene rings is 1. The maximum Gasteiger partial charge on any atom is 0.238 e. The van der Waals surface area contributed by atoms with E-state index in [1.54, 1.807) is 25.3 Å². The minimum absolute atomic E-state index is 0.0878. The van der Waals surface area contributed by atoms with Gasteiger partial charge in [0.15, 0.2) is 0 Å². The molecule has 86 valence electrons. The van der Waals surface area contributed by atoms with E-state index in [0.29, 0.717) is 5.52 Å². The predicted octanol–water partition coefficient (Wildman–Crippen LogP) is 3.36. The molecule has 0 aliphatic heterocycles. The summed E-state index contributed by atoms with van der Waals surface area (Å²) < 4.78 is 26.7. The largest absolute Gasteiger partial charge is 0.245 e. The lowest BCUT2D eigenvalue weighted by Crippen LogP contribution is -2.13. The van der Waals surface area contributed by atoms with Crippen molar-refractivity contribution in [3.63, 3.8) is 0 Å². The van der Waals surface area contributed by atoms with Crippen LogP contribution in [0.4, 0.5) is 0 Å². The minimum atomic E-state index is -3.23. The van der Waals surface area contributed by atoms with Crippen molar-refractivity contribution < 1.29 is 8.42 Å². The van der Waals surface area contributed by atoms with Crippen molar-refractivity contribution in [1.29, 1.82) is 0 Å². The molecule has 1 aromatic heterocycles. The number of hydrogen-bond acceptors (Lipinski definition) is 2. The zero-order valence-corrected chi connectivity index (χ0v) is 12.4. The summed E-state index contributed by atoms with van der Waals surface area (Å²) in [6, 6.07) is 5.48. The second-order valence-corrected chi connectivity index (χ2v) is 7.18. The van der Waals surface area contributed by atoms with Gasteiger partial charge in [0.25, 0.3) is 0 Å². The summed E-state index contributed by atoms with van der Waals surface area (Å²) in [7, 11) is -3.23. The fraction of sp³-hybridized carbons (Fsp3) is 0.200. The molecule has 0 amide bonds. The van der Waals surface area contributed by atoms with E-state index in [-0.39, 0.29) is 5.75 Å². The summed E-state index contributed by atoms with van der Waals surface area (Å²) in [5, 5.41) is 0.895. The fourth-order valence-corrected chi connectivity index (χ4v) is 3.16. The second-order valence-electron chi connectivity index (χ2n) is 3.34. The first-order valence-corrected chi connectivity index (χ1v) is 7.84. The smallest absolute Gasteiger partial charge is 0.238 e. The van der Waals surface area contributed by atoms with E-state index in [4.69, 9.17) is 0 Å². The molecule has 0 spiro atoms. The topological polar surface area (TPSA) is 39.1 Å². The van der Waals surface area contributed by atoms with E-state index in [1.807, 2.05) is 6.07 Å². The van der Waals surface area contributed by atoms with Crippen LogP contribution < -0.4 is 0 Å². The van der Waals surface area contributed by atoms with E-state index in [1.165, 1.54) is 3.97 Å². The van der Waals surface area contributed by atoms with Crippen LogP contribution in [0.25, 0.3) is 10.9 Å². The summed E-state index contributed by atoms with van der Waals surface area (Å²) in [6.45, 7) is 1.63. The van der Waals surface area contributed by atoms with Crippen molar-refractivity contribution in [2.75, 3.05) is 5.75 Å². The highest BCUT2D eigenvalue weighted by Gasteiger charge is 2.14. The molecule has 0 bridgehead atoms. The molecule has 0 aliphatic carbocycles. The van der Waals surface area contributed by atoms with Gasteiger partial charge >= 0.3 is 0 Å². The maximum absolute atomic E-state index is 11.8. The van der Waals surface area contributed by atoms with Gasteiger partial charge in [0, 0.05) is 20.5 Å². The lowest BCUT2D eigenvalue weighted by atomic mass is 10.3. The quantitative estimate of drug-likeness (QED) is 0.817. The summed E-state index contributed by atoms with van der Waals surface area (Å²) in [6.07, 6.45) is 1.59. The van der Waals surface area contributed by atoms with Gasteiger partial charge in [-0.15, -0.1) is 0 Å². The number of halogens is 2. The van der Waals surface area contributed by atoms with E-state index in [9.17, 15) is 8.42 Å². The molecular weight excluding hydrogens is 358 g/mol. The van der Waals surface area contributed by atoms with Gasteiger partial charge in [-0.3, -0.25) is 0 Å². The minimum Gasteiger partial charge on any atom is -0.245 e. The van der Waals surface area contributed by atoms with Crippen molar-refractivity contribution in [3.05, 3.63) is 33.3 Å². The van der Waals surface area contributed by atoms with Crippen LogP contribution >= 0.6 is 31.9 Å². The van der Waals surface area contributed by atoms with Gasteiger partial charge in [-0.25, -0.2) is 12.4 Å². The highest BCUT2D eigenvalue weighted by atomic mass is 79.9. The first-order chi connectivity index (χ1) is 7.45. The Labute approximate surface area is 111 Å². The van der Waals surface area contributed by atoms with E-state index < -0.39 is 10.0 Å². The standard InChI is InChI=1S/C10H9Br2NO2S/c1-2-16(14,15)13-4-3-7-5-8(11)9(12)6-10(7)13/h3-6H,2H2,1H3. The molecule has 0 aliphatic rings. The van der Waals surface area contributed by atoms with Crippen molar-refractivity contribution >= 4 is 52.8 Å². The third-order valence-corrected chi connectivity index (χ3v) is 5.85. The predicted molar refractivity (Wildman–Crippen MR) is 72.2 cm³/mol. The molecule has 16 heavy (non-hydrogen) atoms. The number of nitrogens with zero attached hydrogens (tertiary/aromatic N) is 1. The van der Waals surface area contributed by atoms with Crippen molar-refractivity contribution in [2.45, 2.75) is 6.92 Å². The van der Waals surface area contributed by atoms with Crippen molar-refractivity contribution in [2.24, 2.45) is 0 Å². The molecule has 0 saturated carbocycles. The normalized spacial score (nSPS) is 12.2. The monoisotopic (exact) mass is 365 g/mol. The van der Waals surface area contributed by atoms with Crippen LogP contribution in [0.2, 0.25) is 0 Å². The molecule has 0 fully saturated rings. The van der Waals surface area contributed by atoms with Gasteiger partial charge in [0.05, 0.1) is 11.3 Å². The Morgan fingerprint density at radius 1 is 1.25 bits per heavy atom. The maximum atomic E-state index is 11.8. The van der Waals surface area contributed by atoms with Gasteiger partial charge < -0.3 is 0 Å². The zero-order valence-electron chi connectivity index (χ0n) is 8.44. The van der Waals surface area contributed by atoms with Crippen LogP contribution in [-0.4, -0.2) is 18.1 Å². The van der Waals surface area contributed by atoms with Crippen LogP contribution in [0.5, 0.6) is 0 Å². The van der Waals surface area contributed by atoms with Crippen LogP contribution in [-0.2, 0) is 10.0 Å². The van der Waals surface area contributed by atoms with Gasteiger partial charge in [-0.2, -0.15) is 0 Å². The van der Waals surface area contributed by atoms with Crippen LogP contribution in [0.1, 0.15) is 6.92 Å². The summed E-state index contributed by atoms with van der Waals surface area (Å²) in [4.78, 5) is 0. The van der Waals surface area contributed by atoms with Gasteiger partial charge in [-0.05, 0) is 57.0 Å². The molecule has 2 rings (SSSR count). The number of fused-ring (bicyclic) bond motifs is 1. The van der Waals surface area contributed by atoms with E-state index in [2.05, 4.69) is 31.9 Å². The molecule has 2 aromatic rings. The average Bonchev–Trinajstić information content (AvgIpc) is 2.62. The van der Waals surface area contributed by atoms with Gasteiger partial charge in [0.1, 0.15) is 0 Å². The molecular formula is C10H9Br2NO2S. The number of hydrogen-bond donors (Lipinski definition) is 0. The third-order valence-electron chi connectivity index (χ3n) is 2.36.